The van der Waals surface area contributed by atoms with Gasteiger partial charge in [0.15, 0.2) is 0 Å². The van der Waals surface area contributed by atoms with Gasteiger partial charge >= 0.3 is 0 Å². The summed E-state index contributed by atoms with van der Waals surface area (Å²) < 4.78 is 13.7. The van der Waals surface area contributed by atoms with E-state index in [0.29, 0.717) is 11.9 Å². The van der Waals surface area contributed by atoms with E-state index in [2.05, 4.69) is 6.07 Å². The number of rotatable bonds is 2. The van der Waals surface area contributed by atoms with Crippen molar-refractivity contribution in [3.05, 3.63) is 47.8 Å². The van der Waals surface area contributed by atoms with E-state index in [1.807, 2.05) is 18.2 Å². The molecule has 0 atom stereocenters. The van der Waals surface area contributed by atoms with Crippen molar-refractivity contribution in [3.63, 3.8) is 0 Å². The maximum atomic E-state index is 13.7. The summed E-state index contributed by atoms with van der Waals surface area (Å²) in [6, 6.07) is 11.2. The molecule has 0 radical (unpaired) electrons. The third-order valence-corrected chi connectivity index (χ3v) is 4.14. The molecule has 2 heteroatoms. The average Bonchev–Trinajstić information content (AvgIpc) is 2.30. The molecule has 1 aliphatic rings. The van der Waals surface area contributed by atoms with Crippen LogP contribution in [0.4, 0.5) is 4.39 Å². The topological polar surface area (TPSA) is 26.0 Å². The molecule has 1 saturated carbocycles. The van der Waals surface area contributed by atoms with E-state index < -0.39 is 0 Å². The molecular formula is C15H16FN. The van der Waals surface area contributed by atoms with Gasteiger partial charge in [-0.3, -0.25) is 0 Å². The minimum Gasteiger partial charge on any atom is -0.330 e. The van der Waals surface area contributed by atoms with E-state index in [1.54, 1.807) is 6.07 Å². The molecule has 1 nitrogen and oxygen atoms in total. The van der Waals surface area contributed by atoms with Crippen LogP contribution in [0.5, 0.6) is 0 Å². The summed E-state index contributed by atoms with van der Waals surface area (Å²) >= 11 is 0. The Labute approximate surface area is 100 Å². The molecule has 1 aliphatic carbocycles. The summed E-state index contributed by atoms with van der Waals surface area (Å²) in [6.45, 7) is 0.655. The van der Waals surface area contributed by atoms with Crippen LogP contribution in [-0.2, 0) is 5.41 Å². The van der Waals surface area contributed by atoms with E-state index in [1.165, 1.54) is 18.1 Å². The van der Waals surface area contributed by atoms with Gasteiger partial charge in [0, 0.05) is 17.3 Å². The number of fused-ring (bicyclic) bond motifs is 1. The quantitative estimate of drug-likeness (QED) is 0.839. The van der Waals surface area contributed by atoms with Crippen LogP contribution in [0, 0.1) is 5.82 Å². The Morgan fingerprint density at radius 2 is 1.76 bits per heavy atom. The summed E-state index contributed by atoms with van der Waals surface area (Å²) in [4.78, 5) is 0. The number of benzene rings is 2. The van der Waals surface area contributed by atoms with Crippen LogP contribution >= 0.6 is 0 Å². The molecule has 17 heavy (non-hydrogen) atoms. The van der Waals surface area contributed by atoms with Crippen LogP contribution in [-0.4, -0.2) is 6.54 Å². The Hall–Kier alpha value is -1.41. The molecule has 1 fully saturated rings. The lowest BCUT2D eigenvalue weighted by Gasteiger charge is -2.42. The highest BCUT2D eigenvalue weighted by Crippen LogP contribution is 2.45. The Morgan fingerprint density at radius 3 is 2.41 bits per heavy atom. The van der Waals surface area contributed by atoms with Crippen molar-refractivity contribution < 1.29 is 4.39 Å². The summed E-state index contributed by atoms with van der Waals surface area (Å²) in [5, 5.41) is 1.74. The predicted octanol–water partition coefficient (Wildman–Crippen LogP) is 3.36. The summed E-state index contributed by atoms with van der Waals surface area (Å²) in [6.07, 6.45) is 3.47. The second kappa shape index (κ2) is 3.81. The van der Waals surface area contributed by atoms with Crippen molar-refractivity contribution in [2.24, 2.45) is 5.73 Å². The van der Waals surface area contributed by atoms with Gasteiger partial charge in [0.1, 0.15) is 5.82 Å². The van der Waals surface area contributed by atoms with Gasteiger partial charge < -0.3 is 5.73 Å². The van der Waals surface area contributed by atoms with Crippen molar-refractivity contribution in [2.45, 2.75) is 24.7 Å². The fourth-order valence-corrected chi connectivity index (χ4v) is 2.92. The highest BCUT2D eigenvalue weighted by atomic mass is 19.1. The molecule has 0 bridgehead atoms. The Bertz CT molecular complexity index is 552. The Kier molecular flexibility index (Phi) is 2.40. The normalized spacial score (nSPS) is 18.0. The second-order valence-corrected chi connectivity index (χ2v) is 4.98. The molecule has 0 unspecified atom stereocenters. The van der Waals surface area contributed by atoms with E-state index in [-0.39, 0.29) is 11.2 Å². The zero-order valence-electron chi connectivity index (χ0n) is 9.75. The van der Waals surface area contributed by atoms with Gasteiger partial charge in [-0.1, -0.05) is 36.8 Å². The minimum absolute atomic E-state index is 0.0906. The molecule has 0 spiro atoms. The molecule has 2 N–H and O–H groups in total. The van der Waals surface area contributed by atoms with Crippen LogP contribution in [0.2, 0.25) is 0 Å². The number of nitrogens with two attached hydrogens (primary N) is 1. The van der Waals surface area contributed by atoms with Crippen molar-refractivity contribution in [1.29, 1.82) is 0 Å². The lowest BCUT2D eigenvalue weighted by molar-refractivity contribution is 0.255. The minimum atomic E-state index is -0.143. The summed E-state index contributed by atoms with van der Waals surface area (Å²) in [5.41, 5.74) is 7.25. The van der Waals surface area contributed by atoms with Crippen molar-refractivity contribution in [1.82, 2.24) is 0 Å². The zero-order chi connectivity index (χ0) is 11.9. The molecule has 0 amide bonds. The van der Waals surface area contributed by atoms with Crippen molar-refractivity contribution in [3.8, 4) is 0 Å². The SMILES string of the molecule is NCC1(c2cccc3c(F)cccc23)CCC1. The van der Waals surface area contributed by atoms with Crippen LogP contribution in [0.15, 0.2) is 36.4 Å². The standard InChI is InChI=1S/C15H16FN/c16-14-7-2-4-11-12(14)5-1-6-13(11)15(10-17)8-3-9-15/h1-2,4-7H,3,8-10,17H2. The van der Waals surface area contributed by atoms with Gasteiger partial charge in [-0.05, 0) is 29.9 Å². The van der Waals surface area contributed by atoms with E-state index in [9.17, 15) is 4.39 Å². The molecule has 0 heterocycles. The Morgan fingerprint density at radius 1 is 1.06 bits per heavy atom. The van der Waals surface area contributed by atoms with E-state index in [4.69, 9.17) is 5.73 Å². The number of hydrogen-bond donors (Lipinski definition) is 1. The van der Waals surface area contributed by atoms with E-state index in [0.717, 1.165) is 18.2 Å². The van der Waals surface area contributed by atoms with Crippen molar-refractivity contribution in [2.75, 3.05) is 6.54 Å². The van der Waals surface area contributed by atoms with Gasteiger partial charge in [0.05, 0.1) is 0 Å². The number of hydrogen-bond acceptors (Lipinski definition) is 1. The first-order valence-corrected chi connectivity index (χ1v) is 6.15. The van der Waals surface area contributed by atoms with Gasteiger partial charge in [-0.2, -0.15) is 0 Å². The lowest BCUT2D eigenvalue weighted by Crippen LogP contribution is -2.41. The fourth-order valence-electron chi connectivity index (χ4n) is 2.92. The smallest absolute Gasteiger partial charge is 0.131 e. The first kappa shape index (κ1) is 10.7. The zero-order valence-corrected chi connectivity index (χ0v) is 9.75. The largest absolute Gasteiger partial charge is 0.330 e. The van der Waals surface area contributed by atoms with Crippen molar-refractivity contribution >= 4 is 10.8 Å². The molecular weight excluding hydrogens is 213 g/mol. The first-order valence-electron chi connectivity index (χ1n) is 6.15. The third kappa shape index (κ3) is 1.48. The van der Waals surface area contributed by atoms with Gasteiger partial charge in [0.2, 0.25) is 0 Å². The monoisotopic (exact) mass is 229 g/mol. The molecule has 0 aromatic heterocycles. The maximum Gasteiger partial charge on any atom is 0.131 e. The predicted molar refractivity (Wildman–Crippen MR) is 68.5 cm³/mol. The van der Waals surface area contributed by atoms with Crippen LogP contribution in [0.25, 0.3) is 10.8 Å². The average molecular weight is 229 g/mol. The van der Waals surface area contributed by atoms with Crippen LogP contribution in [0.1, 0.15) is 24.8 Å². The first-order chi connectivity index (χ1) is 8.27. The van der Waals surface area contributed by atoms with Gasteiger partial charge in [-0.15, -0.1) is 0 Å². The maximum absolute atomic E-state index is 13.7. The fraction of sp³-hybridized carbons (Fsp3) is 0.333. The third-order valence-electron chi connectivity index (χ3n) is 4.14. The van der Waals surface area contributed by atoms with Gasteiger partial charge in [-0.25, -0.2) is 4.39 Å². The van der Waals surface area contributed by atoms with Crippen LogP contribution in [0.3, 0.4) is 0 Å². The summed E-state index contributed by atoms with van der Waals surface area (Å²) in [5.74, 6) is -0.143. The molecule has 88 valence electrons. The molecule has 2 aromatic rings. The molecule has 0 aliphatic heterocycles. The second-order valence-electron chi connectivity index (χ2n) is 4.98. The van der Waals surface area contributed by atoms with Crippen LogP contribution < -0.4 is 5.73 Å². The highest BCUT2D eigenvalue weighted by molar-refractivity contribution is 5.87. The number of halogens is 1. The molecule has 3 rings (SSSR count). The highest BCUT2D eigenvalue weighted by Gasteiger charge is 2.38. The van der Waals surface area contributed by atoms with E-state index >= 15 is 0 Å². The van der Waals surface area contributed by atoms with Gasteiger partial charge in [0.25, 0.3) is 0 Å². The summed E-state index contributed by atoms with van der Waals surface area (Å²) in [7, 11) is 0. The Balaban J connectivity index is 2.26. The molecule has 2 aromatic carbocycles. The lowest BCUT2D eigenvalue weighted by atomic mass is 9.63. The molecule has 0 saturated heterocycles.